The summed E-state index contributed by atoms with van der Waals surface area (Å²) in [6, 6.07) is 12.3. The molecule has 4 rings (SSSR count). The lowest BCUT2D eigenvalue weighted by Gasteiger charge is -2.32. The summed E-state index contributed by atoms with van der Waals surface area (Å²) >= 11 is 0. The number of nitrogens with one attached hydrogen (secondary N) is 1. The van der Waals surface area contributed by atoms with Crippen LogP contribution in [-0.2, 0) is 4.79 Å². The summed E-state index contributed by atoms with van der Waals surface area (Å²) in [7, 11) is 0. The highest BCUT2D eigenvalue weighted by Crippen LogP contribution is 2.25. The lowest BCUT2D eigenvalue weighted by Crippen LogP contribution is -2.41. The maximum absolute atomic E-state index is 13.1. The van der Waals surface area contributed by atoms with Crippen LogP contribution >= 0.6 is 0 Å². The Morgan fingerprint density at radius 3 is 2.50 bits per heavy atom. The zero-order valence-electron chi connectivity index (χ0n) is 17.2. The standard InChI is InChI=1S/C24H25FN4O/c1-16-5-10-22(17(2)12-16)28-23(30)19-4-3-11-29(15-19)24-26-13-20(14-27-24)18-6-8-21(25)9-7-18/h5-10,12-14,19H,3-4,11,15H2,1-2H3,(H,28,30). The number of amides is 1. The van der Waals surface area contributed by atoms with Gasteiger partial charge in [-0.3, -0.25) is 4.79 Å². The number of hydrogen-bond acceptors (Lipinski definition) is 4. The van der Waals surface area contributed by atoms with Crippen molar-refractivity contribution in [2.75, 3.05) is 23.3 Å². The van der Waals surface area contributed by atoms with E-state index in [0.29, 0.717) is 12.5 Å². The fourth-order valence-corrected chi connectivity index (χ4v) is 3.84. The van der Waals surface area contributed by atoms with Gasteiger partial charge < -0.3 is 10.2 Å². The molecule has 0 radical (unpaired) electrons. The number of nitrogens with zero attached hydrogens (tertiary/aromatic N) is 3. The van der Waals surface area contributed by atoms with Crippen LogP contribution < -0.4 is 10.2 Å². The summed E-state index contributed by atoms with van der Waals surface area (Å²) in [5.41, 5.74) is 4.81. The SMILES string of the molecule is Cc1ccc(NC(=O)C2CCCN(c3ncc(-c4ccc(F)cc4)cn3)C2)c(C)c1. The summed E-state index contributed by atoms with van der Waals surface area (Å²) in [5, 5.41) is 3.08. The first-order valence-electron chi connectivity index (χ1n) is 10.2. The van der Waals surface area contributed by atoms with E-state index in [-0.39, 0.29) is 17.6 Å². The van der Waals surface area contributed by atoms with E-state index in [1.165, 1.54) is 17.7 Å². The second kappa shape index (κ2) is 8.61. The summed E-state index contributed by atoms with van der Waals surface area (Å²) < 4.78 is 13.1. The van der Waals surface area contributed by atoms with Gasteiger partial charge in [0, 0.05) is 36.7 Å². The van der Waals surface area contributed by atoms with E-state index in [1.54, 1.807) is 24.5 Å². The minimum absolute atomic E-state index is 0.0367. The van der Waals surface area contributed by atoms with E-state index < -0.39 is 0 Å². The first kappa shape index (κ1) is 20.0. The van der Waals surface area contributed by atoms with Gasteiger partial charge in [-0.2, -0.15) is 0 Å². The Bertz CT molecular complexity index is 1030. The number of aromatic nitrogens is 2. The third-order valence-electron chi connectivity index (χ3n) is 5.53. The van der Waals surface area contributed by atoms with Crippen molar-refractivity contribution < 1.29 is 9.18 Å². The van der Waals surface area contributed by atoms with Crippen LogP contribution in [0.4, 0.5) is 16.0 Å². The molecule has 2 heterocycles. The van der Waals surface area contributed by atoms with Gasteiger partial charge in [0.15, 0.2) is 0 Å². The van der Waals surface area contributed by atoms with Gasteiger partial charge in [-0.1, -0.05) is 29.8 Å². The van der Waals surface area contributed by atoms with Crippen molar-refractivity contribution in [3.63, 3.8) is 0 Å². The lowest BCUT2D eigenvalue weighted by molar-refractivity contribution is -0.120. The van der Waals surface area contributed by atoms with Gasteiger partial charge in [-0.15, -0.1) is 0 Å². The second-order valence-corrected chi connectivity index (χ2v) is 7.87. The van der Waals surface area contributed by atoms with Gasteiger partial charge in [0.1, 0.15) is 5.82 Å². The Kier molecular flexibility index (Phi) is 5.74. The molecule has 1 aromatic heterocycles. The van der Waals surface area contributed by atoms with Crippen LogP contribution in [0.25, 0.3) is 11.1 Å². The largest absolute Gasteiger partial charge is 0.340 e. The van der Waals surface area contributed by atoms with Crippen LogP contribution in [0.3, 0.4) is 0 Å². The van der Waals surface area contributed by atoms with E-state index in [9.17, 15) is 9.18 Å². The van der Waals surface area contributed by atoms with E-state index in [0.717, 1.165) is 41.8 Å². The second-order valence-electron chi connectivity index (χ2n) is 7.87. The van der Waals surface area contributed by atoms with Crippen molar-refractivity contribution in [3.05, 3.63) is 71.8 Å². The zero-order valence-corrected chi connectivity index (χ0v) is 17.2. The number of piperidine rings is 1. The Balaban J connectivity index is 1.43. The molecule has 0 aliphatic carbocycles. The summed E-state index contributed by atoms with van der Waals surface area (Å²) in [6.45, 7) is 5.46. The van der Waals surface area contributed by atoms with Gasteiger partial charge in [0.25, 0.3) is 0 Å². The third kappa shape index (κ3) is 4.48. The molecule has 5 nitrogen and oxygen atoms in total. The average molecular weight is 404 g/mol. The number of hydrogen-bond donors (Lipinski definition) is 1. The molecule has 3 aromatic rings. The highest BCUT2D eigenvalue weighted by Gasteiger charge is 2.27. The Hall–Kier alpha value is -3.28. The molecule has 1 amide bonds. The highest BCUT2D eigenvalue weighted by molar-refractivity contribution is 5.93. The number of halogens is 1. The van der Waals surface area contributed by atoms with Crippen molar-refractivity contribution in [3.8, 4) is 11.1 Å². The van der Waals surface area contributed by atoms with E-state index in [1.807, 2.05) is 26.0 Å². The quantitative estimate of drug-likeness (QED) is 0.681. The molecule has 1 aliphatic heterocycles. The Morgan fingerprint density at radius 2 is 1.80 bits per heavy atom. The van der Waals surface area contributed by atoms with Gasteiger partial charge >= 0.3 is 0 Å². The molecule has 1 aliphatic rings. The summed E-state index contributed by atoms with van der Waals surface area (Å²) in [6.07, 6.45) is 5.25. The molecular weight excluding hydrogens is 379 g/mol. The molecule has 1 saturated heterocycles. The molecule has 0 saturated carbocycles. The average Bonchev–Trinajstić information content (AvgIpc) is 2.76. The molecular formula is C24H25FN4O. The van der Waals surface area contributed by atoms with Gasteiger partial charge in [-0.25, -0.2) is 14.4 Å². The van der Waals surface area contributed by atoms with Crippen LogP contribution in [0, 0.1) is 25.6 Å². The molecule has 1 fully saturated rings. The molecule has 1 unspecified atom stereocenters. The minimum Gasteiger partial charge on any atom is -0.340 e. The van der Waals surface area contributed by atoms with E-state index in [4.69, 9.17) is 0 Å². The fraction of sp³-hybridized carbons (Fsp3) is 0.292. The number of benzene rings is 2. The number of carbonyl (C=O) groups is 1. The minimum atomic E-state index is -0.269. The zero-order chi connectivity index (χ0) is 21.1. The van der Waals surface area contributed by atoms with Crippen molar-refractivity contribution >= 4 is 17.5 Å². The van der Waals surface area contributed by atoms with Crippen molar-refractivity contribution in [2.45, 2.75) is 26.7 Å². The molecule has 6 heteroatoms. The van der Waals surface area contributed by atoms with Crippen LogP contribution in [0.5, 0.6) is 0 Å². The lowest BCUT2D eigenvalue weighted by atomic mass is 9.97. The molecule has 1 atom stereocenters. The number of anilines is 2. The molecule has 2 aromatic carbocycles. The fourth-order valence-electron chi connectivity index (χ4n) is 3.84. The van der Waals surface area contributed by atoms with Crippen LogP contribution in [0.1, 0.15) is 24.0 Å². The topological polar surface area (TPSA) is 58.1 Å². The molecule has 0 bridgehead atoms. The van der Waals surface area contributed by atoms with Crippen molar-refractivity contribution in [1.29, 1.82) is 0 Å². The Morgan fingerprint density at radius 1 is 1.07 bits per heavy atom. The predicted molar refractivity (Wildman–Crippen MR) is 117 cm³/mol. The summed E-state index contributed by atoms with van der Waals surface area (Å²) in [4.78, 5) is 23.9. The van der Waals surface area contributed by atoms with E-state index >= 15 is 0 Å². The van der Waals surface area contributed by atoms with Crippen LogP contribution in [-0.4, -0.2) is 29.0 Å². The smallest absolute Gasteiger partial charge is 0.229 e. The van der Waals surface area contributed by atoms with Crippen LogP contribution in [0.2, 0.25) is 0 Å². The molecule has 0 spiro atoms. The first-order valence-corrected chi connectivity index (χ1v) is 10.2. The maximum atomic E-state index is 13.1. The highest BCUT2D eigenvalue weighted by atomic mass is 19.1. The van der Waals surface area contributed by atoms with Gasteiger partial charge in [0.2, 0.25) is 11.9 Å². The van der Waals surface area contributed by atoms with Gasteiger partial charge in [0.05, 0.1) is 5.92 Å². The number of rotatable bonds is 4. The van der Waals surface area contributed by atoms with Crippen molar-refractivity contribution in [1.82, 2.24) is 9.97 Å². The molecule has 1 N–H and O–H groups in total. The molecule has 154 valence electrons. The van der Waals surface area contributed by atoms with Crippen LogP contribution in [0.15, 0.2) is 54.9 Å². The first-order chi connectivity index (χ1) is 14.5. The van der Waals surface area contributed by atoms with E-state index in [2.05, 4.69) is 26.3 Å². The van der Waals surface area contributed by atoms with Gasteiger partial charge in [-0.05, 0) is 56.0 Å². The number of aryl methyl sites for hydroxylation is 2. The predicted octanol–water partition coefficient (Wildman–Crippen LogP) is 4.75. The number of carbonyl (C=O) groups excluding carboxylic acids is 1. The third-order valence-corrected chi connectivity index (χ3v) is 5.53. The normalized spacial score (nSPS) is 16.4. The summed E-state index contributed by atoms with van der Waals surface area (Å²) in [5.74, 6) is 0.272. The van der Waals surface area contributed by atoms with Crippen molar-refractivity contribution in [2.24, 2.45) is 5.92 Å². The molecule has 30 heavy (non-hydrogen) atoms. The monoisotopic (exact) mass is 404 g/mol. The Labute approximate surface area is 176 Å². The maximum Gasteiger partial charge on any atom is 0.229 e.